The number of rotatable bonds is 4. The van der Waals surface area contributed by atoms with Gasteiger partial charge in [-0.25, -0.2) is 10.1 Å². The third kappa shape index (κ3) is 3.60. The normalized spacial score (nSPS) is 11.0. The quantitative estimate of drug-likeness (QED) is 0.548. The smallest absolute Gasteiger partial charge is 0.280 e. The van der Waals surface area contributed by atoms with Crippen LogP contribution in [0.25, 0.3) is 5.69 Å². The van der Waals surface area contributed by atoms with Gasteiger partial charge in [0.25, 0.3) is 11.5 Å². The molecule has 7 heteroatoms. The van der Waals surface area contributed by atoms with Gasteiger partial charge in [0.2, 0.25) is 0 Å². The lowest BCUT2D eigenvalue weighted by Gasteiger charge is -2.02. The molecule has 0 saturated heterocycles. The molecule has 0 aliphatic rings. The number of aryl methyl sites for hydroxylation is 2. The van der Waals surface area contributed by atoms with E-state index < -0.39 is 5.91 Å². The number of H-pyrrole nitrogens is 1. The molecular formula is C19H17ClN4O2. The third-order valence-corrected chi connectivity index (χ3v) is 4.33. The number of halogens is 1. The number of aromatic nitrogens is 2. The number of para-hydroxylation sites is 1. The molecule has 2 aromatic carbocycles. The fourth-order valence-electron chi connectivity index (χ4n) is 2.42. The monoisotopic (exact) mass is 368 g/mol. The summed E-state index contributed by atoms with van der Waals surface area (Å²) in [6, 6.07) is 14.2. The van der Waals surface area contributed by atoms with Crippen molar-refractivity contribution in [2.24, 2.45) is 5.10 Å². The summed E-state index contributed by atoms with van der Waals surface area (Å²) in [6.45, 7) is 3.62. The Bertz CT molecular complexity index is 1040. The summed E-state index contributed by atoms with van der Waals surface area (Å²) in [6.07, 6.45) is 1.33. The van der Waals surface area contributed by atoms with Gasteiger partial charge >= 0.3 is 0 Å². The number of amides is 1. The Morgan fingerprint density at radius 2 is 1.92 bits per heavy atom. The zero-order valence-electron chi connectivity index (χ0n) is 14.3. The Kier molecular flexibility index (Phi) is 5.04. The zero-order chi connectivity index (χ0) is 18.7. The molecule has 0 spiro atoms. The van der Waals surface area contributed by atoms with E-state index >= 15 is 0 Å². The molecule has 1 amide bonds. The Morgan fingerprint density at radius 3 is 2.62 bits per heavy atom. The van der Waals surface area contributed by atoms with Gasteiger partial charge in [-0.1, -0.05) is 35.9 Å². The minimum atomic E-state index is -0.403. The summed E-state index contributed by atoms with van der Waals surface area (Å²) in [5.41, 5.74) is 5.18. The van der Waals surface area contributed by atoms with E-state index in [1.165, 1.54) is 10.9 Å². The molecule has 1 heterocycles. The first kappa shape index (κ1) is 17.7. The lowest BCUT2D eigenvalue weighted by molar-refractivity contribution is 0.0955. The van der Waals surface area contributed by atoms with Crippen molar-refractivity contribution in [1.82, 2.24) is 15.2 Å². The summed E-state index contributed by atoms with van der Waals surface area (Å²) in [7, 11) is 0. The number of hydrogen-bond donors (Lipinski definition) is 2. The van der Waals surface area contributed by atoms with Gasteiger partial charge in [-0.2, -0.15) is 5.10 Å². The second-order valence-corrected chi connectivity index (χ2v) is 6.20. The Hall–Kier alpha value is -3.12. The molecule has 0 aliphatic heterocycles. The second-order valence-electron chi connectivity index (χ2n) is 5.79. The molecule has 26 heavy (non-hydrogen) atoms. The van der Waals surface area contributed by atoms with Crippen molar-refractivity contribution in [2.75, 3.05) is 0 Å². The predicted octanol–water partition coefficient (Wildman–Crippen LogP) is 3.20. The van der Waals surface area contributed by atoms with E-state index in [9.17, 15) is 9.59 Å². The second kappa shape index (κ2) is 7.41. The van der Waals surface area contributed by atoms with Crippen LogP contribution in [0.3, 0.4) is 0 Å². The number of carbonyl (C=O) groups is 1. The maximum atomic E-state index is 12.5. The molecule has 2 N–H and O–H groups in total. The first-order valence-electron chi connectivity index (χ1n) is 7.94. The summed E-state index contributed by atoms with van der Waals surface area (Å²) < 4.78 is 1.43. The molecule has 1 aromatic heterocycles. The fraction of sp³-hybridized carbons (Fsp3) is 0.105. The van der Waals surface area contributed by atoms with Crippen molar-refractivity contribution in [3.05, 3.63) is 86.3 Å². The summed E-state index contributed by atoms with van der Waals surface area (Å²) >= 11 is 6.02. The highest BCUT2D eigenvalue weighted by molar-refractivity contribution is 6.31. The van der Waals surface area contributed by atoms with E-state index in [4.69, 9.17) is 11.6 Å². The number of nitrogens with zero attached hydrogens (tertiary/aromatic N) is 2. The van der Waals surface area contributed by atoms with Crippen LogP contribution in [-0.2, 0) is 0 Å². The van der Waals surface area contributed by atoms with Gasteiger partial charge in [0, 0.05) is 16.3 Å². The topological polar surface area (TPSA) is 79.2 Å². The third-order valence-electron chi connectivity index (χ3n) is 3.93. The minimum absolute atomic E-state index is 0.245. The Morgan fingerprint density at radius 1 is 1.19 bits per heavy atom. The SMILES string of the molecule is Cc1ccc(C(=O)N/N=C/c2c(C)[nH]n(-c3ccccc3)c2=O)cc1Cl. The highest BCUT2D eigenvalue weighted by atomic mass is 35.5. The first-order chi connectivity index (χ1) is 12.5. The van der Waals surface area contributed by atoms with E-state index in [1.54, 1.807) is 25.1 Å². The standard InChI is InChI=1S/C19H17ClN4O2/c1-12-8-9-14(10-17(12)20)18(25)22-21-11-16-13(2)23-24(19(16)26)15-6-4-3-5-7-15/h3-11,23H,1-2H3,(H,22,25)/b21-11+. The molecule has 6 nitrogen and oxygen atoms in total. The molecule has 0 unspecified atom stereocenters. The molecule has 3 rings (SSSR count). The number of aromatic amines is 1. The van der Waals surface area contributed by atoms with Crippen LogP contribution < -0.4 is 11.0 Å². The maximum absolute atomic E-state index is 12.5. The van der Waals surface area contributed by atoms with Gasteiger partial charge in [0.1, 0.15) is 0 Å². The van der Waals surface area contributed by atoms with E-state index in [2.05, 4.69) is 15.6 Å². The molecule has 0 bridgehead atoms. The van der Waals surface area contributed by atoms with Crippen molar-refractivity contribution < 1.29 is 4.79 Å². The van der Waals surface area contributed by atoms with Crippen LogP contribution >= 0.6 is 11.6 Å². The van der Waals surface area contributed by atoms with E-state index in [0.717, 1.165) is 11.3 Å². The summed E-state index contributed by atoms with van der Waals surface area (Å²) in [5.74, 6) is -0.403. The Labute approximate surface area is 155 Å². The average molecular weight is 369 g/mol. The molecule has 0 aliphatic carbocycles. The number of carbonyl (C=O) groups excluding carboxylic acids is 1. The molecule has 0 radical (unpaired) electrons. The summed E-state index contributed by atoms with van der Waals surface area (Å²) in [5, 5.41) is 7.40. The van der Waals surface area contributed by atoms with Crippen LogP contribution in [0.2, 0.25) is 5.02 Å². The molecule has 0 saturated carbocycles. The Balaban J connectivity index is 1.79. The lowest BCUT2D eigenvalue weighted by Crippen LogP contribution is -2.20. The average Bonchev–Trinajstić information content (AvgIpc) is 2.92. The lowest BCUT2D eigenvalue weighted by atomic mass is 10.1. The predicted molar refractivity (Wildman–Crippen MR) is 102 cm³/mol. The van der Waals surface area contributed by atoms with Crippen LogP contribution in [0.15, 0.2) is 58.4 Å². The van der Waals surface area contributed by atoms with E-state index in [1.807, 2.05) is 37.3 Å². The van der Waals surface area contributed by atoms with Crippen LogP contribution in [0.4, 0.5) is 0 Å². The minimum Gasteiger partial charge on any atom is -0.295 e. The number of nitrogens with one attached hydrogen (secondary N) is 2. The largest absolute Gasteiger partial charge is 0.295 e. The highest BCUT2D eigenvalue weighted by Crippen LogP contribution is 2.16. The summed E-state index contributed by atoms with van der Waals surface area (Å²) in [4.78, 5) is 24.6. The van der Waals surface area contributed by atoms with Gasteiger partial charge < -0.3 is 0 Å². The fourth-order valence-corrected chi connectivity index (χ4v) is 2.61. The molecule has 0 atom stereocenters. The van der Waals surface area contributed by atoms with Crippen molar-refractivity contribution >= 4 is 23.7 Å². The first-order valence-corrected chi connectivity index (χ1v) is 8.32. The molecule has 0 fully saturated rings. The number of benzene rings is 2. The number of hydrazone groups is 1. The van der Waals surface area contributed by atoms with Gasteiger partial charge in [-0.05, 0) is 43.7 Å². The van der Waals surface area contributed by atoms with Crippen molar-refractivity contribution in [3.63, 3.8) is 0 Å². The maximum Gasteiger partial charge on any atom is 0.280 e. The highest BCUT2D eigenvalue weighted by Gasteiger charge is 2.11. The van der Waals surface area contributed by atoms with Crippen LogP contribution in [0.5, 0.6) is 0 Å². The molecule has 132 valence electrons. The molecular weight excluding hydrogens is 352 g/mol. The molecule has 3 aromatic rings. The van der Waals surface area contributed by atoms with Crippen molar-refractivity contribution in [1.29, 1.82) is 0 Å². The zero-order valence-corrected chi connectivity index (χ0v) is 15.0. The van der Waals surface area contributed by atoms with Crippen LogP contribution in [0.1, 0.15) is 27.2 Å². The van der Waals surface area contributed by atoms with Crippen LogP contribution in [-0.4, -0.2) is 21.9 Å². The van der Waals surface area contributed by atoms with Crippen molar-refractivity contribution in [2.45, 2.75) is 13.8 Å². The van der Waals surface area contributed by atoms with E-state index in [-0.39, 0.29) is 5.56 Å². The van der Waals surface area contributed by atoms with E-state index in [0.29, 0.717) is 21.8 Å². The van der Waals surface area contributed by atoms with Crippen LogP contribution in [0, 0.1) is 13.8 Å². The van der Waals surface area contributed by atoms with Gasteiger partial charge in [0.15, 0.2) is 0 Å². The van der Waals surface area contributed by atoms with Crippen molar-refractivity contribution in [3.8, 4) is 5.69 Å². The van der Waals surface area contributed by atoms with Gasteiger partial charge in [0.05, 0.1) is 17.5 Å². The van der Waals surface area contributed by atoms with Gasteiger partial charge in [-0.15, -0.1) is 0 Å². The number of hydrogen-bond acceptors (Lipinski definition) is 3. The van der Waals surface area contributed by atoms with Gasteiger partial charge in [-0.3, -0.25) is 14.7 Å².